The minimum absolute atomic E-state index is 0.779. The minimum atomic E-state index is 0.779. The van der Waals surface area contributed by atoms with E-state index in [2.05, 4.69) is 26.5 Å². The second-order valence-electron chi connectivity index (χ2n) is 15.3. The van der Waals surface area contributed by atoms with Crippen LogP contribution in [0.4, 0.5) is 0 Å². The van der Waals surface area contributed by atoms with Crippen LogP contribution >= 0.6 is 0 Å². The van der Waals surface area contributed by atoms with Crippen molar-refractivity contribution in [3.8, 4) is 0 Å². The maximum atomic E-state index is 4.16. The molecule has 0 N–H and O–H groups in total. The fraction of sp³-hybridized carbons (Fsp3) is 0.956. The lowest BCUT2D eigenvalue weighted by atomic mass is 9.94. The molecule has 0 radical (unpaired) electrons. The van der Waals surface area contributed by atoms with E-state index < -0.39 is 0 Å². The molecule has 0 aromatic rings. The minimum Gasteiger partial charge on any atom is -0.103 e. The van der Waals surface area contributed by atoms with Gasteiger partial charge in [-0.2, -0.15) is 0 Å². The van der Waals surface area contributed by atoms with Crippen molar-refractivity contribution in [1.82, 2.24) is 0 Å². The van der Waals surface area contributed by atoms with E-state index in [1.54, 1.807) is 0 Å². The average Bonchev–Trinajstić information content (AvgIpc) is 3.05. The summed E-state index contributed by atoms with van der Waals surface area (Å²) in [6.07, 6.45) is 60.8. The molecule has 0 aromatic heterocycles. The highest BCUT2D eigenvalue weighted by molar-refractivity contribution is 4.78. The van der Waals surface area contributed by atoms with Gasteiger partial charge in [0.1, 0.15) is 0 Å². The zero-order chi connectivity index (χ0) is 32.6. The molecule has 0 saturated carbocycles. The molecule has 0 spiro atoms. The summed E-state index contributed by atoms with van der Waals surface area (Å²) >= 11 is 0. The average molecular weight is 631 g/mol. The van der Waals surface area contributed by atoms with Gasteiger partial charge in [-0.15, -0.1) is 6.58 Å². The maximum absolute atomic E-state index is 4.16. The van der Waals surface area contributed by atoms with Gasteiger partial charge < -0.3 is 0 Å². The normalized spacial score (nSPS) is 12.2. The predicted molar refractivity (Wildman–Crippen MR) is 210 cm³/mol. The molecule has 0 fully saturated rings. The first-order valence-electron chi connectivity index (χ1n) is 22.0. The van der Waals surface area contributed by atoms with E-state index in [4.69, 9.17) is 0 Å². The highest BCUT2D eigenvalue weighted by Gasteiger charge is 2.04. The molecule has 0 aromatic carbocycles. The molecule has 270 valence electrons. The van der Waals surface area contributed by atoms with E-state index in [0.29, 0.717) is 0 Å². The number of allylic oxidation sites excluding steroid dienone is 1. The Labute approximate surface area is 288 Å². The van der Waals surface area contributed by atoms with Crippen molar-refractivity contribution < 1.29 is 0 Å². The van der Waals surface area contributed by atoms with Crippen molar-refractivity contribution in [2.75, 3.05) is 0 Å². The Morgan fingerprint density at radius 1 is 0.267 bits per heavy atom. The lowest BCUT2D eigenvalue weighted by molar-refractivity contribution is 0.461. The number of unbranched alkanes of at least 4 members (excludes halogenated alkanes) is 36. The maximum Gasteiger partial charge on any atom is -0.0236 e. The van der Waals surface area contributed by atoms with Gasteiger partial charge in [-0.05, 0) is 18.8 Å². The summed E-state index contributed by atoms with van der Waals surface area (Å²) in [5.41, 5.74) is 0. The van der Waals surface area contributed by atoms with Gasteiger partial charge >= 0.3 is 0 Å². The molecule has 0 bridgehead atoms. The van der Waals surface area contributed by atoms with Gasteiger partial charge in [-0.3, -0.25) is 0 Å². The zero-order valence-electron chi connectivity index (χ0n) is 32.1. The molecule has 0 aliphatic rings. The Kier molecular flexibility index (Phi) is 41.5. The smallest absolute Gasteiger partial charge is 0.0236 e. The highest BCUT2D eigenvalue weighted by atomic mass is 14.1. The van der Waals surface area contributed by atoms with E-state index in [9.17, 15) is 0 Å². The molecular formula is C45H90. The molecule has 45 heavy (non-hydrogen) atoms. The van der Waals surface area contributed by atoms with Gasteiger partial charge in [-0.1, -0.05) is 264 Å². The summed E-state index contributed by atoms with van der Waals surface area (Å²) in [5.74, 6) is 0.779. The van der Waals surface area contributed by atoms with Crippen LogP contribution in [0.5, 0.6) is 0 Å². The second-order valence-corrected chi connectivity index (χ2v) is 15.3. The largest absolute Gasteiger partial charge is 0.103 e. The van der Waals surface area contributed by atoms with Crippen molar-refractivity contribution in [2.24, 2.45) is 5.92 Å². The lowest BCUT2D eigenvalue weighted by Gasteiger charge is -2.12. The van der Waals surface area contributed by atoms with Crippen molar-refractivity contribution >= 4 is 0 Å². The molecule has 0 amide bonds. The molecule has 1 atom stereocenters. The van der Waals surface area contributed by atoms with Gasteiger partial charge in [0.15, 0.2) is 0 Å². The van der Waals surface area contributed by atoms with Gasteiger partial charge in [0.25, 0.3) is 0 Å². The number of rotatable bonds is 41. The van der Waals surface area contributed by atoms with Crippen LogP contribution in [0.3, 0.4) is 0 Å². The predicted octanol–water partition coefficient (Wildman–Crippen LogP) is 17.4. The quantitative estimate of drug-likeness (QED) is 0.0466. The molecule has 0 nitrogen and oxygen atoms in total. The van der Waals surface area contributed by atoms with Crippen LogP contribution in [-0.2, 0) is 0 Å². The third-order valence-electron chi connectivity index (χ3n) is 10.7. The van der Waals surface area contributed by atoms with Crippen molar-refractivity contribution in [2.45, 2.75) is 271 Å². The summed E-state index contributed by atoms with van der Waals surface area (Å²) in [7, 11) is 0. The Bertz CT molecular complexity index is 506. The van der Waals surface area contributed by atoms with Crippen LogP contribution in [0.1, 0.15) is 271 Å². The van der Waals surface area contributed by atoms with E-state index in [1.165, 1.54) is 257 Å². The van der Waals surface area contributed by atoms with Gasteiger partial charge in [0, 0.05) is 0 Å². The van der Waals surface area contributed by atoms with E-state index in [0.717, 1.165) is 5.92 Å². The zero-order valence-corrected chi connectivity index (χ0v) is 32.1. The molecule has 0 aliphatic heterocycles. The van der Waals surface area contributed by atoms with Crippen molar-refractivity contribution in [1.29, 1.82) is 0 Å². The summed E-state index contributed by atoms with van der Waals surface area (Å²) in [6.45, 7) is 8.78. The second kappa shape index (κ2) is 41.8. The fourth-order valence-corrected chi connectivity index (χ4v) is 7.35. The topological polar surface area (TPSA) is 0 Å². The van der Waals surface area contributed by atoms with E-state index in [-0.39, 0.29) is 0 Å². The first kappa shape index (κ1) is 44.7. The molecule has 1 unspecified atom stereocenters. The summed E-state index contributed by atoms with van der Waals surface area (Å²) < 4.78 is 0. The van der Waals surface area contributed by atoms with Crippen LogP contribution < -0.4 is 0 Å². The van der Waals surface area contributed by atoms with Crippen LogP contribution in [0.2, 0.25) is 0 Å². The molecule has 0 heterocycles. The Morgan fingerprint density at radius 3 is 0.578 bits per heavy atom. The third kappa shape index (κ3) is 39.8. The Balaban J connectivity index is 3.24. The molecule has 0 aliphatic carbocycles. The number of hydrogen-bond donors (Lipinski definition) is 0. The van der Waals surface area contributed by atoms with Crippen molar-refractivity contribution in [3.05, 3.63) is 12.7 Å². The van der Waals surface area contributed by atoms with Crippen LogP contribution in [-0.4, -0.2) is 0 Å². The molecule has 0 rings (SSSR count). The van der Waals surface area contributed by atoms with E-state index >= 15 is 0 Å². The van der Waals surface area contributed by atoms with Gasteiger partial charge in [0.05, 0.1) is 0 Å². The Hall–Kier alpha value is -0.260. The third-order valence-corrected chi connectivity index (χ3v) is 10.7. The van der Waals surface area contributed by atoms with Crippen LogP contribution in [0.25, 0.3) is 0 Å². The standard InChI is InChI=1S/C45H90/c1-4-7-9-11-13-15-17-19-21-23-25-26-28-30-32-34-36-38-40-42-44-45(6-3)43-41-39-37-35-33-31-29-27-24-22-20-18-16-14-12-10-8-5-2/h6,45H,3-5,7-44H2,1-2H3. The molecule has 0 heteroatoms. The van der Waals surface area contributed by atoms with E-state index in [1.807, 2.05) is 0 Å². The first-order chi connectivity index (χ1) is 22.3. The van der Waals surface area contributed by atoms with Crippen LogP contribution in [0, 0.1) is 5.92 Å². The molecular weight excluding hydrogens is 540 g/mol. The number of hydrogen-bond acceptors (Lipinski definition) is 0. The summed E-state index contributed by atoms with van der Waals surface area (Å²) in [6, 6.07) is 0. The van der Waals surface area contributed by atoms with Gasteiger partial charge in [-0.25, -0.2) is 0 Å². The highest BCUT2D eigenvalue weighted by Crippen LogP contribution is 2.21. The van der Waals surface area contributed by atoms with Gasteiger partial charge in [0.2, 0.25) is 0 Å². The summed E-state index contributed by atoms with van der Waals surface area (Å²) in [4.78, 5) is 0. The summed E-state index contributed by atoms with van der Waals surface area (Å²) in [5, 5.41) is 0. The van der Waals surface area contributed by atoms with Crippen molar-refractivity contribution in [3.63, 3.8) is 0 Å². The SMILES string of the molecule is C=CC(CCCCCCCCCCCCCCCCCCCC)CCCCCCCCCCCCCCCCCCCCCC. The monoisotopic (exact) mass is 631 g/mol. The van der Waals surface area contributed by atoms with Crippen LogP contribution in [0.15, 0.2) is 12.7 Å². The fourth-order valence-electron chi connectivity index (χ4n) is 7.35. The first-order valence-corrected chi connectivity index (χ1v) is 22.0. The molecule has 0 saturated heterocycles. The Morgan fingerprint density at radius 2 is 0.422 bits per heavy atom. The lowest BCUT2D eigenvalue weighted by Crippen LogP contribution is -1.97.